The Kier molecular flexibility index (Phi) is 4.00. The number of ether oxygens (including phenoxy) is 1. The fourth-order valence-corrected chi connectivity index (χ4v) is 3.43. The van der Waals surface area contributed by atoms with Crippen molar-refractivity contribution in [2.75, 3.05) is 6.61 Å². The molecule has 3 rings (SSSR count). The van der Waals surface area contributed by atoms with Crippen molar-refractivity contribution >= 4 is 27.3 Å². The molecule has 1 aromatic carbocycles. The van der Waals surface area contributed by atoms with Gasteiger partial charge < -0.3 is 4.74 Å². The summed E-state index contributed by atoms with van der Waals surface area (Å²) in [6, 6.07) is 7.99. The lowest BCUT2D eigenvalue weighted by Crippen LogP contribution is -2.30. The minimum absolute atomic E-state index is 0.244. The van der Waals surface area contributed by atoms with Crippen LogP contribution in [0.5, 0.6) is 0 Å². The number of rotatable bonds is 6. The summed E-state index contributed by atoms with van der Waals surface area (Å²) in [5.41, 5.74) is 3.17. The standard InChI is InChI=1S/C15H18N2O2S/c16-17-15(18)14-12(9-19-8-7-10-5-6-10)11-3-1-2-4-13(11)20-14/h1-4,10H,5-9,16H2,(H,17,18). The molecule has 0 bridgehead atoms. The number of nitrogen functional groups attached to an aromatic ring is 1. The number of amides is 1. The maximum atomic E-state index is 11.9. The average molecular weight is 290 g/mol. The van der Waals surface area contributed by atoms with Crippen LogP contribution in [0.1, 0.15) is 34.5 Å². The first kappa shape index (κ1) is 13.5. The van der Waals surface area contributed by atoms with Crippen molar-refractivity contribution in [3.63, 3.8) is 0 Å². The number of hydrazine groups is 1. The number of thiophene rings is 1. The monoisotopic (exact) mass is 290 g/mol. The highest BCUT2D eigenvalue weighted by Gasteiger charge is 2.21. The Morgan fingerprint density at radius 1 is 1.40 bits per heavy atom. The third-order valence-electron chi connectivity index (χ3n) is 3.65. The molecule has 0 aliphatic heterocycles. The number of benzene rings is 1. The third-order valence-corrected chi connectivity index (χ3v) is 4.86. The van der Waals surface area contributed by atoms with Gasteiger partial charge in [-0.15, -0.1) is 11.3 Å². The molecule has 20 heavy (non-hydrogen) atoms. The Morgan fingerprint density at radius 3 is 2.95 bits per heavy atom. The first-order chi connectivity index (χ1) is 9.79. The Balaban J connectivity index is 1.79. The topological polar surface area (TPSA) is 64.3 Å². The molecule has 1 aliphatic rings. The molecule has 1 amide bonds. The molecule has 2 aromatic rings. The molecule has 1 aromatic heterocycles. The van der Waals surface area contributed by atoms with Crippen LogP contribution in [0, 0.1) is 5.92 Å². The molecule has 0 atom stereocenters. The summed E-state index contributed by atoms with van der Waals surface area (Å²) >= 11 is 1.46. The van der Waals surface area contributed by atoms with Crippen molar-refractivity contribution in [2.24, 2.45) is 11.8 Å². The number of carbonyl (C=O) groups excluding carboxylic acids is 1. The first-order valence-electron chi connectivity index (χ1n) is 6.88. The molecule has 1 heterocycles. The number of nitrogens with two attached hydrogens (primary N) is 1. The quantitative estimate of drug-likeness (QED) is 0.372. The van der Waals surface area contributed by atoms with Crippen LogP contribution >= 0.6 is 11.3 Å². The van der Waals surface area contributed by atoms with E-state index in [0.717, 1.165) is 34.6 Å². The predicted molar refractivity (Wildman–Crippen MR) is 80.5 cm³/mol. The van der Waals surface area contributed by atoms with Crippen LogP contribution in [0.4, 0.5) is 0 Å². The number of hydrogen-bond acceptors (Lipinski definition) is 4. The Morgan fingerprint density at radius 2 is 2.20 bits per heavy atom. The van der Waals surface area contributed by atoms with E-state index in [0.29, 0.717) is 11.5 Å². The molecule has 3 N–H and O–H groups in total. The summed E-state index contributed by atoms with van der Waals surface area (Å²) in [7, 11) is 0. The van der Waals surface area contributed by atoms with Crippen molar-refractivity contribution in [3.05, 3.63) is 34.7 Å². The maximum Gasteiger partial charge on any atom is 0.275 e. The summed E-state index contributed by atoms with van der Waals surface area (Å²) < 4.78 is 6.85. The molecule has 0 saturated heterocycles. The van der Waals surface area contributed by atoms with Gasteiger partial charge in [0.15, 0.2) is 0 Å². The molecular weight excluding hydrogens is 272 g/mol. The SMILES string of the molecule is NNC(=O)c1sc2ccccc2c1COCCC1CC1. The fraction of sp³-hybridized carbons (Fsp3) is 0.400. The van der Waals surface area contributed by atoms with Crippen LogP contribution in [0.3, 0.4) is 0 Å². The summed E-state index contributed by atoms with van der Waals surface area (Å²) in [6.07, 6.45) is 3.80. The number of nitrogens with one attached hydrogen (secondary N) is 1. The van der Waals surface area contributed by atoms with E-state index in [9.17, 15) is 4.79 Å². The Labute approximate surface area is 121 Å². The highest BCUT2D eigenvalue weighted by molar-refractivity contribution is 7.21. The molecule has 0 radical (unpaired) electrons. The van der Waals surface area contributed by atoms with E-state index >= 15 is 0 Å². The van der Waals surface area contributed by atoms with E-state index in [1.165, 1.54) is 24.2 Å². The zero-order chi connectivity index (χ0) is 13.9. The van der Waals surface area contributed by atoms with Crippen molar-refractivity contribution in [2.45, 2.75) is 25.9 Å². The Hall–Kier alpha value is -1.43. The smallest absolute Gasteiger partial charge is 0.275 e. The van der Waals surface area contributed by atoms with Crippen molar-refractivity contribution < 1.29 is 9.53 Å². The van der Waals surface area contributed by atoms with Gasteiger partial charge in [-0.25, -0.2) is 5.84 Å². The third kappa shape index (κ3) is 2.85. The molecule has 1 saturated carbocycles. The second-order valence-electron chi connectivity index (χ2n) is 5.16. The maximum absolute atomic E-state index is 11.9. The largest absolute Gasteiger partial charge is 0.377 e. The Bertz CT molecular complexity index is 619. The second-order valence-corrected chi connectivity index (χ2v) is 6.22. The van der Waals surface area contributed by atoms with Crippen molar-refractivity contribution in [1.82, 2.24) is 5.43 Å². The van der Waals surface area contributed by atoms with Gasteiger partial charge in [-0.1, -0.05) is 31.0 Å². The lowest BCUT2D eigenvalue weighted by molar-refractivity contribution is 0.0942. The van der Waals surface area contributed by atoms with E-state index in [4.69, 9.17) is 10.6 Å². The van der Waals surface area contributed by atoms with Crippen LogP contribution in [0.25, 0.3) is 10.1 Å². The minimum Gasteiger partial charge on any atom is -0.377 e. The first-order valence-corrected chi connectivity index (χ1v) is 7.70. The summed E-state index contributed by atoms with van der Waals surface area (Å²) in [5, 5.41) is 1.09. The van der Waals surface area contributed by atoms with Gasteiger partial charge in [-0.05, 0) is 23.8 Å². The number of fused-ring (bicyclic) bond motifs is 1. The van der Waals surface area contributed by atoms with Gasteiger partial charge in [0.05, 0.1) is 11.5 Å². The van der Waals surface area contributed by atoms with E-state index in [2.05, 4.69) is 5.43 Å². The molecule has 0 spiro atoms. The summed E-state index contributed by atoms with van der Waals surface area (Å²) in [6.45, 7) is 1.23. The van der Waals surface area contributed by atoms with E-state index in [-0.39, 0.29) is 5.91 Å². The molecule has 0 unspecified atom stereocenters. The molecule has 5 heteroatoms. The van der Waals surface area contributed by atoms with Gasteiger partial charge in [0, 0.05) is 16.9 Å². The van der Waals surface area contributed by atoms with Crippen molar-refractivity contribution in [1.29, 1.82) is 0 Å². The summed E-state index contributed by atoms with van der Waals surface area (Å²) in [5.74, 6) is 5.88. The normalized spacial score (nSPS) is 14.7. The number of carbonyl (C=O) groups is 1. The van der Waals surface area contributed by atoms with Gasteiger partial charge in [0.1, 0.15) is 0 Å². The van der Waals surface area contributed by atoms with Gasteiger partial charge in [-0.3, -0.25) is 10.2 Å². The van der Waals surface area contributed by atoms with E-state index in [1.807, 2.05) is 24.3 Å². The summed E-state index contributed by atoms with van der Waals surface area (Å²) in [4.78, 5) is 12.5. The van der Waals surface area contributed by atoms with E-state index in [1.54, 1.807) is 0 Å². The highest BCUT2D eigenvalue weighted by atomic mass is 32.1. The average Bonchev–Trinajstić information content (AvgIpc) is 3.23. The van der Waals surface area contributed by atoms with Crippen LogP contribution < -0.4 is 11.3 Å². The lowest BCUT2D eigenvalue weighted by atomic mass is 10.1. The lowest BCUT2D eigenvalue weighted by Gasteiger charge is -2.05. The molecule has 1 aliphatic carbocycles. The van der Waals surface area contributed by atoms with E-state index < -0.39 is 0 Å². The van der Waals surface area contributed by atoms with Gasteiger partial charge in [-0.2, -0.15) is 0 Å². The molecular formula is C15H18N2O2S. The van der Waals surface area contributed by atoms with Gasteiger partial charge in [0.2, 0.25) is 0 Å². The van der Waals surface area contributed by atoms with Crippen LogP contribution in [0.15, 0.2) is 24.3 Å². The minimum atomic E-state index is -0.244. The van der Waals surface area contributed by atoms with Crippen LogP contribution in [0.2, 0.25) is 0 Å². The second kappa shape index (κ2) is 5.91. The highest BCUT2D eigenvalue weighted by Crippen LogP contribution is 2.33. The van der Waals surface area contributed by atoms with Crippen LogP contribution in [-0.2, 0) is 11.3 Å². The van der Waals surface area contributed by atoms with Gasteiger partial charge >= 0.3 is 0 Å². The predicted octanol–water partition coefficient (Wildman–Crippen LogP) is 2.82. The fourth-order valence-electron chi connectivity index (χ4n) is 2.32. The van der Waals surface area contributed by atoms with Crippen molar-refractivity contribution in [3.8, 4) is 0 Å². The number of hydrogen-bond donors (Lipinski definition) is 2. The zero-order valence-corrected chi connectivity index (χ0v) is 12.0. The molecule has 4 nitrogen and oxygen atoms in total. The zero-order valence-electron chi connectivity index (χ0n) is 11.2. The van der Waals surface area contributed by atoms with Gasteiger partial charge in [0.25, 0.3) is 5.91 Å². The molecule has 1 fully saturated rings. The van der Waals surface area contributed by atoms with Crippen LogP contribution in [-0.4, -0.2) is 12.5 Å². The molecule has 106 valence electrons.